The molecule has 0 fully saturated rings. The first-order valence-electron chi connectivity index (χ1n) is 7.23. The first kappa shape index (κ1) is 21.8. The van der Waals surface area contributed by atoms with Crippen LogP contribution in [0.5, 0.6) is 0 Å². The van der Waals surface area contributed by atoms with Crippen molar-refractivity contribution in [2.45, 2.75) is 23.2 Å². The van der Waals surface area contributed by atoms with Gasteiger partial charge in [0, 0.05) is 0 Å². The lowest BCUT2D eigenvalue weighted by atomic mass is 9.96. The van der Waals surface area contributed by atoms with E-state index in [0.717, 1.165) is 22.3 Å². The van der Waals surface area contributed by atoms with E-state index in [1.165, 1.54) is 0 Å². The molecule has 0 saturated carbocycles. The third-order valence-electron chi connectivity index (χ3n) is 4.33. The fraction of sp³-hybridized carbons (Fsp3) is 0.294. The lowest BCUT2D eigenvalue weighted by Gasteiger charge is -2.44. The molecule has 0 radical (unpaired) electrons. The quantitative estimate of drug-likeness (QED) is 0.297. The number of rotatable bonds is 3. The predicted molar refractivity (Wildman–Crippen MR) is 117 cm³/mol. The zero-order valence-corrected chi connectivity index (χ0v) is 19.5. The molecule has 0 nitrogen and oxygen atoms in total. The van der Waals surface area contributed by atoms with Gasteiger partial charge in [-0.3, -0.25) is 0 Å². The van der Waals surface area contributed by atoms with Crippen molar-refractivity contribution in [1.82, 2.24) is 0 Å². The Morgan fingerprint density at radius 2 is 1.19 bits per heavy atom. The summed E-state index contributed by atoms with van der Waals surface area (Å²) in [6.07, 6.45) is 0.595. The van der Waals surface area contributed by atoms with Crippen LogP contribution >= 0.6 is 104 Å². The second-order valence-corrected chi connectivity index (χ2v) is 12.1. The van der Waals surface area contributed by atoms with E-state index in [0.29, 0.717) is 12.0 Å². The summed E-state index contributed by atoms with van der Waals surface area (Å²) >= 11 is 56.2. The van der Waals surface area contributed by atoms with Gasteiger partial charge in [0.2, 0.25) is 8.13 Å². The molecular formula is C17H9Cl9. The zero-order chi connectivity index (χ0) is 19.5. The minimum atomic E-state index is -2.31. The van der Waals surface area contributed by atoms with Gasteiger partial charge in [-0.05, 0) is 34.2 Å². The predicted octanol–water partition coefficient (Wildman–Crippen LogP) is 8.61. The average molecular weight is 532 g/mol. The maximum absolute atomic E-state index is 6.63. The van der Waals surface area contributed by atoms with E-state index in [2.05, 4.69) is 0 Å². The fourth-order valence-corrected chi connectivity index (χ4v) is 5.31. The van der Waals surface area contributed by atoms with E-state index < -0.39 is 16.8 Å². The molecule has 2 aromatic carbocycles. The number of benzene rings is 2. The van der Waals surface area contributed by atoms with Crippen LogP contribution in [0, 0.1) is 0 Å². The molecule has 140 valence electrons. The Kier molecular flexibility index (Phi) is 5.92. The largest absolute Gasteiger partial charge is 0.226 e. The van der Waals surface area contributed by atoms with Crippen LogP contribution in [0.3, 0.4) is 0 Å². The Balaban J connectivity index is 2.16. The Morgan fingerprint density at radius 1 is 0.615 bits per heavy atom. The molecular weight excluding hydrogens is 523 g/mol. The summed E-state index contributed by atoms with van der Waals surface area (Å²) in [5.74, 6) is 0. The van der Waals surface area contributed by atoms with Crippen molar-refractivity contribution in [2.75, 3.05) is 0 Å². The lowest BCUT2D eigenvalue weighted by Crippen LogP contribution is -2.55. The van der Waals surface area contributed by atoms with Crippen LogP contribution in [-0.4, -0.2) is 12.5 Å². The van der Waals surface area contributed by atoms with Crippen molar-refractivity contribution < 1.29 is 0 Å². The maximum atomic E-state index is 6.63. The van der Waals surface area contributed by atoms with Crippen molar-refractivity contribution in [3.05, 3.63) is 59.2 Å². The number of fused-ring (bicyclic) bond motifs is 3. The molecule has 0 amide bonds. The van der Waals surface area contributed by atoms with Gasteiger partial charge in [-0.25, -0.2) is 0 Å². The summed E-state index contributed by atoms with van der Waals surface area (Å²) in [6, 6.07) is 13.4. The van der Waals surface area contributed by atoms with Crippen molar-refractivity contribution in [1.29, 1.82) is 0 Å². The molecule has 0 N–H and O–H groups in total. The van der Waals surface area contributed by atoms with Crippen LogP contribution in [0.25, 0.3) is 11.1 Å². The molecule has 3 rings (SSSR count). The SMILES string of the molecule is ClC(Cl)(Cl)C(Cl)(Cl)C(Cl)(Cl)C(Cl)(Cl)c1cccc2c1Cc1ccccc1-2. The van der Waals surface area contributed by atoms with E-state index in [1.807, 2.05) is 30.3 Å². The third kappa shape index (κ3) is 3.22. The molecule has 0 unspecified atom stereocenters. The second kappa shape index (κ2) is 7.08. The highest BCUT2D eigenvalue weighted by Gasteiger charge is 2.68. The van der Waals surface area contributed by atoms with Crippen LogP contribution in [0.2, 0.25) is 0 Å². The molecule has 2 aromatic rings. The molecule has 1 aliphatic carbocycles. The van der Waals surface area contributed by atoms with Crippen molar-refractivity contribution in [3.8, 4) is 11.1 Å². The molecule has 0 atom stereocenters. The number of hydrogen-bond acceptors (Lipinski definition) is 0. The molecule has 0 heterocycles. The molecule has 0 saturated heterocycles. The minimum absolute atomic E-state index is 0.444. The van der Waals surface area contributed by atoms with Gasteiger partial charge in [-0.1, -0.05) is 147 Å². The normalized spacial score (nSPS) is 15.0. The second-order valence-electron chi connectivity index (χ2n) is 5.89. The molecule has 9 heteroatoms. The standard InChI is InChI=1S/C17H9Cl9/c18-14(19,15(20,21)16(22,23)17(24,25)26)13-7-3-6-11-10-5-2-1-4-9(10)8-12(11)13/h1-7H,8H2. The summed E-state index contributed by atoms with van der Waals surface area (Å²) in [6.45, 7) is 0. The van der Waals surface area contributed by atoms with Gasteiger partial charge >= 0.3 is 0 Å². The van der Waals surface area contributed by atoms with Gasteiger partial charge in [-0.15, -0.1) is 0 Å². The highest BCUT2D eigenvalue weighted by atomic mass is 35.6. The van der Waals surface area contributed by atoms with E-state index in [9.17, 15) is 0 Å². The summed E-state index contributed by atoms with van der Waals surface area (Å²) in [5, 5.41) is 0. The fourth-order valence-electron chi connectivity index (χ4n) is 3.00. The molecule has 0 aromatic heterocycles. The van der Waals surface area contributed by atoms with E-state index in [4.69, 9.17) is 104 Å². The van der Waals surface area contributed by atoms with E-state index in [-0.39, 0.29) is 0 Å². The van der Waals surface area contributed by atoms with Crippen molar-refractivity contribution in [2.24, 2.45) is 0 Å². The van der Waals surface area contributed by atoms with Gasteiger partial charge in [0.1, 0.15) is 0 Å². The maximum Gasteiger partial charge on any atom is 0.226 e. The van der Waals surface area contributed by atoms with Gasteiger partial charge in [-0.2, -0.15) is 0 Å². The summed E-state index contributed by atoms with van der Waals surface area (Å²) in [7, 11) is 0. The van der Waals surface area contributed by atoms with Crippen molar-refractivity contribution >= 4 is 104 Å². The third-order valence-corrected chi connectivity index (χ3v) is 9.78. The molecule has 0 bridgehead atoms. The molecule has 0 spiro atoms. The first-order valence-corrected chi connectivity index (χ1v) is 10.6. The first-order chi connectivity index (χ1) is 11.8. The Labute approximate surface area is 196 Å². The van der Waals surface area contributed by atoms with Crippen LogP contribution in [0.1, 0.15) is 16.7 Å². The highest BCUT2D eigenvalue weighted by Crippen LogP contribution is 2.66. The molecule has 0 aliphatic heterocycles. The van der Waals surface area contributed by atoms with Gasteiger partial charge < -0.3 is 0 Å². The smallest absolute Gasteiger partial charge is 0.0943 e. The Morgan fingerprint density at radius 3 is 1.81 bits per heavy atom. The zero-order valence-electron chi connectivity index (χ0n) is 12.7. The van der Waals surface area contributed by atoms with E-state index >= 15 is 0 Å². The highest BCUT2D eigenvalue weighted by molar-refractivity contribution is 6.80. The van der Waals surface area contributed by atoms with Crippen LogP contribution in [-0.2, 0) is 10.8 Å². The van der Waals surface area contributed by atoms with Crippen LogP contribution in [0.15, 0.2) is 42.5 Å². The summed E-state index contributed by atoms with van der Waals surface area (Å²) in [4.78, 5) is 0. The topological polar surface area (TPSA) is 0 Å². The lowest BCUT2D eigenvalue weighted by molar-refractivity contribution is 0.598. The van der Waals surface area contributed by atoms with Gasteiger partial charge in [0.25, 0.3) is 0 Å². The Bertz CT molecular complexity index is 850. The van der Waals surface area contributed by atoms with Crippen molar-refractivity contribution in [3.63, 3.8) is 0 Å². The number of alkyl halides is 9. The Hall–Kier alpha value is 1.05. The minimum Gasteiger partial charge on any atom is -0.0943 e. The monoisotopic (exact) mass is 528 g/mol. The molecule has 26 heavy (non-hydrogen) atoms. The number of hydrogen-bond donors (Lipinski definition) is 0. The van der Waals surface area contributed by atoms with Crippen LogP contribution in [0.4, 0.5) is 0 Å². The summed E-state index contributed by atoms with van der Waals surface area (Å²) < 4.78 is -8.81. The average Bonchev–Trinajstić information content (AvgIpc) is 2.91. The van der Waals surface area contributed by atoms with Gasteiger partial charge in [0.15, 0.2) is 8.67 Å². The number of halogens is 9. The molecule has 1 aliphatic rings. The van der Waals surface area contributed by atoms with E-state index in [1.54, 1.807) is 12.1 Å². The van der Waals surface area contributed by atoms with Gasteiger partial charge in [0.05, 0.1) is 0 Å². The summed E-state index contributed by atoms with van der Waals surface area (Å²) in [5.41, 5.74) is 4.47. The van der Waals surface area contributed by atoms with Crippen LogP contribution < -0.4 is 0 Å².